The summed E-state index contributed by atoms with van der Waals surface area (Å²) >= 11 is 0. The van der Waals surface area contributed by atoms with Crippen LogP contribution in [0.15, 0.2) is 24.3 Å². The summed E-state index contributed by atoms with van der Waals surface area (Å²) < 4.78 is 0. The minimum Gasteiger partial charge on any atom is -0.481 e. The van der Waals surface area contributed by atoms with Crippen molar-refractivity contribution in [3.63, 3.8) is 0 Å². The maximum atomic E-state index is 10.8. The number of aromatic carboxylic acids is 1. The zero-order valence-corrected chi connectivity index (χ0v) is 7.68. The Labute approximate surface area is 85.5 Å². The zero-order valence-electron chi connectivity index (χ0n) is 7.68. The SMILES string of the molecule is O=C(O)c1ccc2c(c1)C=CC2C(=O)O. The van der Waals surface area contributed by atoms with E-state index in [0.29, 0.717) is 11.1 Å². The quantitative estimate of drug-likeness (QED) is 0.766. The van der Waals surface area contributed by atoms with E-state index in [2.05, 4.69) is 0 Å². The second-order valence-corrected chi connectivity index (χ2v) is 3.32. The molecule has 1 aliphatic carbocycles. The van der Waals surface area contributed by atoms with E-state index >= 15 is 0 Å². The molecule has 0 aromatic heterocycles. The maximum Gasteiger partial charge on any atom is 0.335 e. The Kier molecular flexibility index (Phi) is 2.04. The van der Waals surface area contributed by atoms with Gasteiger partial charge in [-0.15, -0.1) is 0 Å². The van der Waals surface area contributed by atoms with Gasteiger partial charge in [0.1, 0.15) is 5.92 Å². The van der Waals surface area contributed by atoms with E-state index in [9.17, 15) is 9.59 Å². The topological polar surface area (TPSA) is 74.6 Å². The van der Waals surface area contributed by atoms with Crippen LogP contribution in [0.1, 0.15) is 27.4 Å². The van der Waals surface area contributed by atoms with Crippen LogP contribution in [0.3, 0.4) is 0 Å². The first-order chi connectivity index (χ1) is 7.09. The normalized spacial score (nSPS) is 17.5. The van der Waals surface area contributed by atoms with E-state index in [4.69, 9.17) is 10.2 Å². The van der Waals surface area contributed by atoms with Gasteiger partial charge in [-0.1, -0.05) is 18.2 Å². The molecule has 0 amide bonds. The van der Waals surface area contributed by atoms with Gasteiger partial charge in [0.2, 0.25) is 0 Å². The monoisotopic (exact) mass is 204 g/mol. The Bertz CT molecular complexity index is 473. The summed E-state index contributed by atoms with van der Waals surface area (Å²) in [5.74, 6) is -2.58. The van der Waals surface area contributed by atoms with Crippen molar-refractivity contribution in [2.24, 2.45) is 0 Å². The van der Waals surface area contributed by atoms with Crippen molar-refractivity contribution in [2.75, 3.05) is 0 Å². The third-order valence-electron chi connectivity index (χ3n) is 2.40. The highest BCUT2D eigenvalue weighted by Gasteiger charge is 2.24. The van der Waals surface area contributed by atoms with Crippen LogP contribution >= 0.6 is 0 Å². The molecule has 0 spiro atoms. The second kappa shape index (κ2) is 3.24. The van der Waals surface area contributed by atoms with Gasteiger partial charge in [-0.3, -0.25) is 4.79 Å². The van der Waals surface area contributed by atoms with Crippen molar-refractivity contribution < 1.29 is 19.8 Å². The molecular weight excluding hydrogens is 196 g/mol. The lowest BCUT2D eigenvalue weighted by molar-refractivity contribution is -0.137. The average molecular weight is 204 g/mol. The summed E-state index contributed by atoms with van der Waals surface area (Å²) in [7, 11) is 0. The van der Waals surface area contributed by atoms with Crippen molar-refractivity contribution in [3.8, 4) is 0 Å². The summed E-state index contributed by atoms with van der Waals surface area (Å²) in [4.78, 5) is 21.5. The molecule has 1 aliphatic rings. The van der Waals surface area contributed by atoms with Crippen molar-refractivity contribution in [2.45, 2.75) is 5.92 Å². The summed E-state index contributed by atoms with van der Waals surface area (Å²) in [5, 5.41) is 17.6. The highest BCUT2D eigenvalue weighted by Crippen LogP contribution is 2.30. The third-order valence-corrected chi connectivity index (χ3v) is 2.40. The van der Waals surface area contributed by atoms with Crippen LogP contribution < -0.4 is 0 Å². The molecule has 1 unspecified atom stereocenters. The van der Waals surface area contributed by atoms with Gasteiger partial charge < -0.3 is 10.2 Å². The van der Waals surface area contributed by atoms with E-state index in [1.807, 2.05) is 0 Å². The van der Waals surface area contributed by atoms with Crippen molar-refractivity contribution in [1.29, 1.82) is 0 Å². The van der Waals surface area contributed by atoms with Crippen LogP contribution in [0.2, 0.25) is 0 Å². The number of fused-ring (bicyclic) bond motifs is 1. The number of benzene rings is 1. The predicted octanol–water partition coefficient (Wildman–Crippen LogP) is 1.58. The molecule has 2 N–H and O–H groups in total. The molecule has 1 aromatic carbocycles. The Morgan fingerprint density at radius 2 is 1.93 bits per heavy atom. The Hall–Kier alpha value is -2.10. The first-order valence-corrected chi connectivity index (χ1v) is 4.38. The zero-order chi connectivity index (χ0) is 11.0. The van der Waals surface area contributed by atoms with Crippen LogP contribution in [0, 0.1) is 0 Å². The molecule has 0 aliphatic heterocycles. The fourth-order valence-electron chi connectivity index (χ4n) is 1.65. The number of carboxylic acid groups (broad SMARTS) is 2. The van der Waals surface area contributed by atoms with Gasteiger partial charge in [-0.25, -0.2) is 4.79 Å². The minimum absolute atomic E-state index is 0.171. The number of carbonyl (C=O) groups is 2. The fourth-order valence-corrected chi connectivity index (χ4v) is 1.65. The standard InChI is InChI=1S/C11H8O4/c12-10(13)7-2-3-8-6(5-7)1-4-9(8)11(14)15/h1-5,9H,(H,12,13)(H,14,15). The van der Waals surface area contributed by atoms with Crippen LogP contribution in [-0.4, -0.2) is 22.2 Å². The molecule has 0 saturated heterocycles. The van der Waals surface area contributed by atoms with Crippen molar-refractivity contribution in [1.82, 2.24) is 0 Å². The van der Waals surface area contributed by atoms with Crippen molar-refractivity contribution in [3.05, 3.63) is 41.0 Å². The predicted molar refractivity (Wildman–Crippen MR) is 52.8 cm³/mol. The first kappa shape index (κ1) is 9.45. The summed E-state index contributed by atoms with van der Waals surface area (Å²) in [6.07, 6.45) is 3.19. The highest BCUT2D eigenvalue weighted by molar-refractivity contribution is 5.91. The molecule has 2 rings (SSSR count). The molecule has 76 valence electrons. The second-order valence-electron chi connectivity index (χ2n) is 3.32. The molecule has 0 radical (unpaired) electrons. The van der Waals surface area contributed by atoms with E-state index < -0.39 is 17.9 Å². The van der Waals surface area contributed by atoms with Gasteiger partial charge in [-0.05, 0) is 23.3 Å². The molecular formula is C11H8O4. The molecule has 1 aromatic rings. The van der Waals surface area contributed by atoms with Gasteiger partial charge in [0.25, 0.3) is 0 Å². The van der Waals surface area contributed by atoms with Gasteiger partial charge in [0.15, 0.2) is 0 Å². The number of rotatable bonds is 2. The lowest BCUT2D eigenvalue weighted by Crippen LogP contribution is -2.07. The molecule has 4 heteroatoms. The van der Waals surface area contributed by atoms with Gasteiger partial charge in [0.05, 0.1) is 5.56 Å². The Balaban J connectivity index is 2.46. The molecule has 1 atom stereocenters. The summed E-state index contributed by atoms with van der Waals surface area (Å²) in [5.41, 5.74) is 1.49. The van der Waals surface area contributed by atoms with Gasteiger partial charge in [0, 0.05) is 0 Å². The smallest absolute Gasteiger partial charge is 0.335 e. The maximum absolute atomic E-state index is 10.8. The van der Waals surface area contributed by atoms with Crippen molar-refractivity contribution >= 4 is 18.0 Å². The number of hydrogen-bond donors (Lipinski definition) is 2. The third kappa shape index (κ3) is 1.50. The number of carboxylic acids is 2. The molecule has 0 fully saturated rings. The fraction of sp³-hybridized carbons (Fsp3) is 0.0909. The number of aliphatic carboxylic acids is 1. The van der Waals surface area contributed by atoms with E-state index in [1.54, 1.807) is 18.2 Å². The van der Waals surface area contributed by atoms with Gasteiger partial charge >= 0.3 is 11.9 Å². The number of hydrogen-bond acceptors (Lipinski definition) is 2. The molecule has 15 heavy (non-hydrogen) atoms. The lowest BCUT2D eigenvalue weighted by Gasteiger charge is -2.05. The van der Waals surface area contributed by atoms with E-state index in [0.717, 1.165) is 0 Å². The summed E-state index contributed by atoms with van der Waals surface area (Å²) in [6, 6.07) is 4.46. The Morgan fingerprint density at radius 1 is 1.20 bits per heavy atom. The molecule has 0 heterocycles. The largest absolute Gasteiger partial charge is 0.481 e. The molecule has 0 saturated carbocycles. The first-order valence-electron chi connectivity index (χ1n) is 4.38. The lowest BCUT2D eigenvalue weighted by atomic mass is 9.99. The van der Waals surface area contributed by atoms with Gasteiger partial charge in [-0.2, -0.15) is 0 Å². The minimum atomic E-state index is -1.01. The van der Waals surface area contributed by atoms with Crippen LogP contribution in [0.5, 0.6) is 0 Å². The summed E-state index contributed by atoms with van der Waals surface area (Å²) in [6.45, 7) is 0. The van der Waals surface area contributed by atoms with Crippen LogP contribution in [-0.2, 0) is 4.79 Å². The van der Waals surface area contributed by atoms with E-state index in [-0.39, 0.29) is 5.56 Å². The average Bonchev–Trinajstić information content (AvgIpc) is 2.59. The van der Waals surface area contributed by atoms with Crippen LogP contribution in [0.4, 0.5) is 0 Å². The molecule has 0 bridgehead atoms. The Morgan fingerprint density at radius 3 is 2.53 bits per heavy atom. The molecule has 4 nitrogen and oxygen atoms in total. The van der Waals surface area contributed by atoms with E-state index in [1.165, 1.54) is 12.1 Å². The van der Waals surface area contributed by atoms with Crippen LogP contribution in [0.25, 0.3) is 6.08 Å². The highest BCUT2D eigenvalue weighted by atomic mass is 16.4.